The maximum absolute atomic E-state index is 13.4. The van der Waals surface area contributed by atoms with E-state index in [9.17, 15) is 14.4 Å². The van der Waals surface area contributed by atoms with Gasteiger partial charge in [-0.3, -0.25) is 24.6 Å². The number of ether oxygens (including phenoxy) is 2. The van der Waals surface area contributed by atoms with Crippen molar-refractivity contribution in [1.29, 1.82) is 0 Å². The predicted octanol–water partition coefficient (Wildman–Crippen LogP) is 3.04. The van der Waals surface area contributed by atoms with E-state index in [2.05, 4.69) is 5.32 Å². The molecular formula is C24H21N3O5S. The largest absolute Gasteiger partial charge is 0.494 e. The van der Waals surface area contributed by atoms with Gasteiger partial charge in [0.25, 0.3) is 11.8 Å². The van der Waals surface area contributed by atoms with Crippen molar-refractivity contribution in [3.8, 4) is 5.75 Å². The van der Waals surface area contributed by atoms with Gasteiger partial charge < -0.3 is 14.0 Å². The summed E-state index contributed by atoms with van der Waals surface area (Å²) in [6, 6.07) is 14.3. The van der Waals surface area contributed by atoms with Crippen molar-refractivity contribution in [3.05, 3.63) is 65.9 Å². The van der Waals surface area contributed by atoms with Crippen LogP contribution in [-0.4, -0.2) is 41.2 Å². The number of benzene rings is 2. The molecule has 0 atom stereocenters. The van der Waals surface area contributed by atoms with Crippen LogP contribution in [0.1, 0.15) is 12.5 Å². The van der Waals surface area contributed by atoms with E-state index in [4.69, 9.17) is 21.7 Å². The lowest BCUT2D eigenvalue weighted by molar-refractivity contribution is -0.141. The number of amides is 2. The highest BCUT2D eigenvalue weighted by molar-refractivity contribution is 7.80. The van der Waals surface area contributed by atoms with Crippen molar-refractivity contribution in [2.75, 3.05) is 18.6 Å². The molecule has 2 heterocycles. The minimum atomic E-state index is -0.591. The molecule has 1 fully saturated rings. The molecule has 1 aliphatic heterocycles. The first-order valence-electron chi connectivity index (χ1n) is 10.2. The Bertz CT molecular complexity index is 1310. The number of nitrogens with one attached hydrogen (secondary N) is 1. The Morgan fingerprint density at radius 3 is 2.70 bits per heavy atom. The molecule has 0 spiro atoms. The number of anilines is 1. The molecule has 2 aromatic carbocycles. The molecule has 33 heavy (non-hydrogen) atoms. The first-order valence-corrected chi connectivity index (χ1v) is 10.6. The number of rotatable bonds is 6. The smallest absolute Gasteiger partial charge is 0.325 e. The third-order valence-electron chi connectivity index (χ3n) is 5.13. The van der Waals surface area contributed by atoms with E-state index in [0.717, 1.165) is 10.9 Å². The zero-order valence-electron chi connectivity index (χ0n) is 18.0. The molecule has 1 aliphatic rings. The summed E-state index contributed by atoms with van der Waals surface area (Å²) in [5.41, 5.74) is 1.79. The first kappa shape index (κ1) is 22.2. The molecule has 2 amide bonds. The summed E-state index contributed by atoms with van der Waals surface area (Å²) in [4.78, 5) is 39.2. The molecule has 4 rings (SSSR count). The minimum absolute atomic E-state index is 0.000755. The molecule has 1 N–H and O–H groups in total. The van der Waals surface area contributed by atoms with Crippen LogP contribution in [0.2, 0.25) is 0 Å². The Morgan fingerprint density at radius 2 is 1.94 bits per heavy atom. The number of carbonyl (C=O) groups is 3. The molecule has 8 nitrogen and oxygen atoms in total. The lowest BCUT2D eigenvalue weighted by Gasteiger charge is -2.29. The summed E-state index contributed by atoms with van der Waals surface area (Å²) in [5.74, 6) is -0.972. The number of carbonyl (C=O) groups excluding carboxylic acids is 3. The van der Waals surface area contributed by atoms with Gasteiger partial charge in [0.2, 0.25) is 0 Å². The third kappa shape index (κ3) is 4.35. The molecule has 1 saturated heterocycles. The van der Waals surface area contributed by atoms with Crippen LogP contribution in [0.4, 0.5) is 5.69 Å². The fourth-order valence-corrected chi connectivity index (χ4v) is 3.93. The number of esters is 1. The number of methoxy groups -OCH3 is 1. The summed E-state index contributed by atoms with van der Waals surface area (Å²) in [6.45, 7) is 2.33. The van der Waals surface area contributed by atoms with Crippen molar-refractivity contribution in [2.45, 2.75) is 13.5 Å². The van der Waals surface area contributed by atoms with Gasteiger partial charge in [0.05, 0.1) is 19.4 Å². The van der Waals surface area contributed by atoms with E-state index in [1.807, 2.05) is 31.2 Å². The monoisotopic (exact) mass is 463 g/mol. The lowest BCUT2D eigenvalue weighted by Crippen LogP contribution is -2.54. The highest BCUT2D eigenvalue weighted by Gasteiger charge is 2.35. The summed E-state index contributed by atoms with van der Waals surface area (Å²) in [7, 11) is 1.32. The number of hydrogen-bond donors (Lipinski definition) is 1. The van der Waals surface area contributed by atoms with E-state index < -0.39 is 17.8 Å². The van der Waals surface area contributed by atoms with E-state index in [1.165, 1.54) is 18.1 Å². The van der Waals surface area contributed by atoms with Gasteiger partial charge >= 0.3 is 5.97 Å². The second-order valence-electron chi connectivity index (χ2n) is 7.19. The zero-order chi connectivity index (χ0) is 23.5. The maximum atomic E-state index is 13.4. The quantitative estimate of drug-likeness (QED) is 0.262. The molecule has 168 valence electrons. The van der Waals surface area contributed by atoms with E-state index in [1.54, 1.807) is 35.0 Å². The van der Waals surface area contributed by atoms with Gasteiger partial charge in [0, 0.05) is 28.7 Å². The molecule has 0 radical (unpaired) electrons. The minimum Gasteiger partial charge on any atom is -0.494 e. The second-order valence-corrected chi connectivity index (χ2v) is 7.58. The number of aromatic nitrogens is 1. The van der Waals surface area contributed by atoms with Crippen molar-refractivity contribution < 1.29 is 23.9 Å². The molecule has 0 saturated carbocycles. The fourth-order valence-electron chi connectivity index (χ4n) is 3.65. The number of fused-ring (bicyclic) bond motifs is 1. The zero-order valence-corrected chi connectivity index (χ0v) is 18.8. The van der Waals surface area contributed by atoms with Gasteiger partial charge in [-0.15, -0.1) is 0 Å². The van der Waals surface area contributed by atoms with Crippen LogP contribution in [0.15, 0.2) is 60.3 Å². The molecule has 1 aromatic heterocycles. The summed E-state index contributed by atoms with van der Waals surface area (Å²) in [5, 5.41) is 3.36. The average Bonchev–Trinajstić information content (AvgIpc) is 3.14. The Kier molecular flexibility index (Phi) is 6.23. The summed E-state index contributed by atoms with van der Waals surface area (Å²) < 4.78 is 12.0. The van der Waals surface area contributed by atoms with Gasteiger partial charge in [-0.1, -0.05) is 24.3 Å². The van der Waals surface area contributed by atoms with Crippen LogP contribution in [0.5, 0.6) is 5.75 Å². The Morgan fingerprint density at radius 1 is 1.15 bits per heavy atom. The number of para-hydroxylation sites is 1. The van der Waals surface area contributed by atoms with Crippen molar-refractivity contribution in [2.24, 2.45) is 0 Å². The summed E-state index contributed by atoms with van der Waals surface area (Å²) >= 11 is 5.28. The van der Waals surface area contributed by atoms with Crippen LogP contribution in [0.25, 0.3) is 17.0 Å². The molecule has 3 aromatic rings. The SMILES string of the molecule is CCOc1cccc(N2C(=O)/C(=C\c3cn(CC(=O)OC)c4ccccc34)C(=O)NC2=S)c1. The second kappa shape index (κ2) is 9.25. The van der Waals surface area contributed by atoms with Gasteiger partial charge in [0.15, 0.2) is 5.11 Å². The van der Waals surface area contributed by atoms with Crippen LogP contribution >= 0.6 is 12.2 Å². The average molecular weight is 464 g/mol. The maximum Gasteiger partial charge on any atom is 0.325 e. The third-order valence-corrected chi connectivity index (χ3v) is 5.42. The Labute approximate surface area is 195 Å². The van der Waals surface area contributed by atoms with Crippen LogP contribution in [0, 0.1) is 0 Å². The van der Waals surface area contributed by atoms with Gasteiger partial charge in [0.1, 0.15) is 17.9 Å². The Hall–Kier alpha value is -3.98. The van der Waals surface area contributed by atoms with E-state index in [0.29, 0.717) is 23.6 Å². The van der Waals surface area contributed by atoms with E-state index in [-0.39, 0.29) is 17.2 Å². The van der Waals surface area contributed by atoms with Gasteiger partial charge in [-0.25, -0.2) is 0 Å². The predicted molar refractivity (Wildman–Crippen MR) is 128 cm³/mol. The first-order chi connectivity index (χ1) is 15.9. The number of thiocarbonyl (C=S) groups is 1. The van der Waals surface area contributed by atoms with Gasteiger partial charge in [-0.05, 0) is 43.4 Å². The molecule has 0 unspecified atom stereocenters. The van der Waals surface area contributed by atoms with Crippen LogP contribution in [-0.2, 0) is 25.7 Å². The summed E-state index contributed by atoms with van der Waals surface area (Å²) in [6.07, 6.45) is 3.22. The number of nitrogens with zero attached hydrogens (tertiary/aromatic N) is 2. The molecule has 0 aliphatic carbocycles. The topological polar surface area (TPSA) is 89.9 Å². The van der Waals surface area contributed by atoms with Crippen LogP contribution in [0.3, 0.4) is 0 Å². The van der Waals surface area contributed by atoms with Crippen molar-refractivity contribution in [3.63, 3.8) is 0 Å². The lowest BCUT2D eigenvalue weighted by atomic mass is 10.1. The van der Waals surface area contributed by atoms with E-state index >= 15 is 0 Å². The fraction of sp³-hybridized carbons (Fsp3) is 0.167. The highest BCUT2D eigenvalue weighted by atomic mass is 32.1. The highest BCUT2D eigenvalue weighted by Crippen LogP contribution is 2.28. The normalized spacial score (nSPS) is 15.2. The van der Waals surface area contributed by atoms with Crippen molar-refractivity contribution in [1.82, 2.24) is 9.88 Å². The van der Waals surface area contributed by atoms with Crippen LogP contribution < -0.4 is 15.0 Å². The van der Waals surface area contributed by atoms with Crippen molar-refractivity contribution >= 4 is 57.8 Å². The number of hydrogen-bond acceptors (Lipinski definition) is 6. The molecular weight excluding hydrogens is 442 g/mol. The standard InChI is InChI=1S/C24H21N3O5S/c1-3-32-17-8-6-7-16(12-17)27-23(30)19(22(29)25-24(27)33)11-15-13-26(14-21(28)31-2)20-10-5-4-9-18(15)20/h4-13H,3,14H2,1-2H3,(H,25,29,33)/b19-11-. The molecule has 9 heteroatoms. The molecule has 0 bridgehead atoms. The Balaban J connectivity index is 1.76. The van der Waals surface area contributed by atoms with Gasteiger partial charge in [-0.2, -0.15) is 0 Å².